The van der Waals surface area contributed by atoms with Gasteiger partial charge < -0.3 is 9.31 Å². The number of hydrogen-bond donors (Lipinski definition) is 0. The topological polar surface area (TPSA) is 44.2 Å². The van der Waals surface area contributed by atoms with Crippen molar-refractivity contribution in [1.29, 1.82) is 0 Å². The molecule has 0 N–H and O–H groups in total. The van der Waals surface area contributed by atoms with Crippen LogP contribution in [0.15, 0.2) is 12.1 Å². The lowest BCUT2D eigenvalue weighted by Gasteiger charge is -2.32. The first kappa shape index (κ1) is 11.8. The molecular weight excluding hydrogens is 226 g/mol. The normalized spacial score (nSPS) is 22.4. The molecule has 0 bridgehead atoms. The van der Waals surface area contributed by atoms with Crippen LogP contribution >= 0.6 is 11.6 Å². The van der Waals surface area contributed by atoms with Crippen LogP contribution in [0.3, 0.4) is 0 Å². The number of hydrogen-bond acceptors (Lipinski definition) is 4. The predicted octanol–water partition coefficient (Wildman–Crippen LogP) is 1.43. The molecule has 86 valence electrons. The number of rotatable bonds is 1. The molecule has 0 amide bonds. The summed E-state index contributed by atoms with van der Waals surface area (Å²) >= 11 is 5.68. The van der Waals surface area contributed by atoms with Crippen molar-refractivity contribution in [3.63, 3.8) is 0 Å². The van der Waals surface area contributed by atoms with Crippen LogP contribution in [-0.2, 0) is 9.31 Å². The molecule has 1 fully saturated rings. The van der Waals surface area contributed by atoms with Crippen molar-refractivity contribution in [2.24, 2.45) is 0 Å². The first-order valence-corrected chi connectivity index (χ1v) is 5.54. The Balaban J connectivity index is 2.23. The summed E-state index contributed by atoms with van der Waals surface area (Å²) in [6, 6.07) is 3.44. The molecule has 2 heterocycles. The minimum absolute atomic E-state index is 0.361. The van der Waals surface area contributed by atoms with E-state index in [0.29, 0.717) is 10.7 Å². The zero-order valence-corrected chi connectivity index (χ0v) is 10.6. The highest BCUT2D eigenvalue weighted by atomic mass is 35.5. The molecule has 4 nitrogen and oxygen atoms in total. The maximum absolute atomic E-state index is 5.82. The highest BCUT2D eigenvalue weighted by Crippen LogP contribution is 2.36. The van der Waals surface area contributed by atoms with Gasteiger partial charge in [0.25, 0.3) is 0 Å². The molecule has 2 rings (SSSR count). The molecular formula is C10H14BClN2O2. The second-order valence-corrected chi connectivity index (χ2v) is 5.26. The smallest absolute Gasteiger partial charge is 0.398 e. The van der Waals surface area contributed by atoms with Gasteiger partial charge in [-0.05, 0) is 39.8 Å². The summed E-state index contributed by atoms with van der Waals surface area (Å²) in [5.74, 6) is 0. The quantitative estimate of drug-likeness (QED) is 0.697. The number of aromatic nitrogens is 2. The minimum atomic E-state index is -0.477. The van der Waals surface area contributed by atoms with E-state index in [1.807, 2.05) is 27.7 Å². The van der Waals surface area contributed by atoms with Gasteiger partial charge in [-0.15, -0.1) is 5.10 Å². The standard InChI is InChI=1S/C10H14BClN2O2/c1-9(2)10(3,4)16-11(15-9)7-5-6-8(12)14-13-7/h5-6H,1-4H3. The Morgan fingerprint density at radius 1 is 1.06 bits per heavy atom. The summed E-state index contributed by atoms with van der Waals surface area (Å²) in [5, 5.41) is 8.10. The maximum atomic E-state index is 5.82. The van der Waals surface area contributed by atoms with E-state index in [1.54, 1.807) is 12.1 Å². The highest BCUT2D eigenvalue weighted by molar-refractivity contribution is 6.61. The Morgan fingerprint density at radius 2 is 1.62 bits per heavy atom. The van der Waals surface area contributed by atoms with E-state index in [-0.39, 0.29) is 11.2 Å². The van der Waals surface area contributed by atoms with Gasteiger partial charge in [0.15, 0.2) is 5.15 Å². The third kappa shape index (κ3) is 1.95. The summed E-state index contributed by atoms with van der Waals surface area (Å²) in [4.78, 5) is 0. The van der Waals surface area contributed by atoms with Crippen LogP contribution in [0.4, 0.5) is 0 Å². The minimum Gasteiger partial charge on any atom is -0.398 e. The fraction of sp³-hybridized carbons (Fsp3) is 0.600. The Bertz CT molecular complexity index is 378. The molecule has 1 aliphatic rings. The molecule has 0 unspecified atom stereocenters. The molecule has 1 aliphatic heterocycles. The van der Waals surface area contributed by atoms with Crippen LogP contribution in [0.2, 0.25) is 5.15 Å². The lowest BCUT2D eigenvalue weighted by atomic mass is 9.85. The third-order valence-electron chi connectivity index (χ3n) is 3.15. The zero-order chi connectivity index (χ0) is 12.0. The molecule has 0 radical (unpaired) electrons. The van der Waals surface area contributed by atoms with Crippen LogP contribution in [-0.4, -0.2) is 28.5 Å². The molecule has 0 aliphatic carbocycles. The van der Waals surface area contributed by atoms with E-state index in [2.05, 4.69) is 10.2 Å². The van der Waals surface area contributed by atoms with Gasteiger partial charge in [-0.1, -0.05) is 11.6 Å². The second-order valence-electron chi connectivity index (χ2n) is 4.87. The summed E-state index contributed by atoms with van der Waals surface area (Å²) in [5.41, 5.74) is -0.0825. The first-order chi connectivity index (χ1) is 7.32. The highest BCUT2D eigenvalue weighted by Gasteiger charge is 2.52. The molecule has 16 heavy (non-hydrogen) atoms. The lowest BCUT2D eigenvalue weighted by molar-refractivity contribution is 0.00578. The van der Waals surface area contributed by atoms with E-state index in [9.17, 15) is 0 Å². The van der Waals surface area contributed by atoms with Gasteiger partial charge >= 0.3 is 7.12 Å². The summed E-state index contributed by atoms with van der Waals surface area (Å²) in [6.45, 7) is 7.99. The van der Waals surface area contributed by atoms with Crippen LogP contribution in [0.1, 0.15) is 27.7 Å². The molecule has 0 spiro atoms. The van der Waals surface area contributed by atoms with Crippen LogP contribution in [0.25, 0.3) is 0 Å². The zero-order valence-electron chi connectivity index (χ0n) is 9.82. The van der Waals surface area contributed by atoms with Crippen molar-refractivity contribution in [1.82, 2.24) is 10.2 Å². The molecule has 0 aromatic carbocycles. The van der Waals surface area contributed by atoms with Gasteiger partial charge in [-0.25, -0.2) is 0 Å². The summed E-state index contributed by atoms with van der Waals surface area (Å²) in [6.07, 6.45) is 0. The van der Waals surface area contributed by atoms with Gasteiger partial charge in [0, 0.05) is 0 Å². The van der Waals surface area contributed by atoms with E-state index >= 15 is 0 Å². The third-order valence-corrected chi connectivity index (χ3v) is 3.35. The molecule has 1 saturated heterocycles. The fourth-order valence-electron chi connectivity index (χ4n) is 1.42. The van der Waals surface area contributed by atoms with Crippen molar-refractivity contribution < 1.29 is 9.31 Å². The molecule has 6 heteroatoms. The van der Waals surface area contributed by atoms with Crippen molar-refractivity contribution in [3.8, 4) is 0 Å². The number of nitrogens with zero attached hydrogens (tertiary/aromatic N) is 2. The summed E-state index contributed by atoms with van der Waals surface area (Å²) in [7, 11) is -0.477. The van der Waals surface area contributed by atoms with E-state index in [4.69, 9.17) is 20.9 Å². The lowest BCUT2D eigenvalue weighted by Crippen LogP contribution is -2.41. The first-order valence-electron chi connectivity index (χ1n) is 5.17. The van der Waals surface area contributed by atoms with Crippen LogP contribution in [0, 0.1) is 0 Å². The van der Waals surface area contributed by atoms with Gasteiger partial charge in [0.2, 0.25) is 0 Å². The van der Waals surface area contributed by atoms with Crippen LogP contribution < -0.4 is 5.59 Å². The molecule has 1 aromatic heterocycles. The monoisotopic (exact) mass is 240 g/mol. The molecule has 1 aromatic rings. The average molecular weight is 240 g/mol. The van der Waals surface area contributed by atoms with Gasteiger partial charge in [-0.2, -0.15) is 5.10 Å². The number of halogens is 1. The summed E-state index contributed by atoms with van der Waals surface area (Å²) < 4.78 is 11.6. The predicted molar refractivity (Wildman–Crippen MR) is 62.8 cm³/mol. The SMILES string of the molecule is CC1(C)OB(c2ccc(Cl)nn2)OC1(C)C. The van der Waals surface area contributed by atoms with Crippen molar-refractivity contribution in [3.05, 3.63) is 17.3 Å². The Labute approximate surface area is 100 Å². The van der Waals surface area contributed by atoms with Crippen molar-refractivity contribution >= 4 is 24.3 Å². The van der Waals surface area contributed by atoms with Crippen molar-refractivity contribution in [2.75, 3.05) is 0 Å². The van der Waals surface area contributed by atoms with E-state index < -0.39 is 7.12 Å². The Morgan fingerprint density at radius 3 is 2.06 bits per heavy atom. The Hall–Kier alpha value is -0.645. The average Bonchev–Trinajstić information content (AvgIpc) is 2.37. The van der Waals surface area contributed by atoms with Crippen molar-refractivity contribution in [2.45, 2.75) is 38.9 Å². The van der Waals surface area contributed by atoms with Gasteiger partial charge in [-0.3, -0.25) is 0 Å². The molecule has 0 saturated carbocycles. The fourth-order valence-corrected chi connectivity index (χ4v) is 1.52. The second kappa shape index (κ2) is 3.69. The Kier molecular flexibility index (Phi) is 2.73. The van der Waals surface area contributed by atoms with Crippen LogP contribution in [0.5, 0.6) is 0 Å². The van der Waals surface area contributed by atoms with Gasteiger partial charge in [0.05, 0.1) is 16.8 Å². The van der Waals surface area contributed by atoms with Gasteiger partial charge in [0.1, 0.15) is 0 Å². The van der Waals surface area contributed by atoms with E-state index in [0.717, 1.165) is 0 Å². The maximum Gasteiger partial charge on any atom is 0.516 e. The molecule has 0 atom stereocenters. The van der Waals surface area contributed by atoms with E-state index in [1.165, 1.54) is 0 Å². The largest absolute Gasteiger partial charge is 0.516 e.